The van der Waals surface area contributed by atoms with Gasteiger partial charge in [-0.3, -0.25) is 9.59 Å². The highest BCUT2D eigenvalue weighted by molar-refractivity contribution is 6.01. The Kier molecular flexibility index (Phi) is 3.92. The van der Waals surface area contributed by atoms with Gasteiger partial charge in [0.15, 0.2) is 0 Å². The summed E-state index contributed by atoms with van der Waals surface area (Å²) in [4.78, 5) is 27.9. The first-order chi connectivity index (χ1) is 10.2. The molecular weight excluding hydrogens is 268 g/mol. The van der Waals surface area contributed by atoms with Gasteiger partial charge in [-0.15, -0.1) is 0 Å². The van der Waals surface area contributed by atoms with Crippen LogP contribution in [-0.2, 0) is 16.0 Å². The lowest BCUT2D eigenvalue weighted by atomic mass is 10.0. The topological polar surface area (TPSA) is 60.9 Å². The number of aryl methyl sites for hydroxylation is 1. The number of hydrogen-bond acceptors (Lipinski definition) is 3. The third-order valence-corrected chi connectivity index (χ3v) is 4.39. The summed E-state index contributed by atoms with van der Waals surface area (Å²) < 4.78 is 0. The molecule has 5 heteroatoms. The number of aliphatic hydroxyl groups is 1. The molecule has 1 aromatic carbocycles. The highest BCUT2D eigenvalue weighted by Gasteiger charge is 2.32. The number of aliphatic hydroxyl groups excluding tert-OH is 1. The Bertz CT molecular complexity index is 558. The van der Waals surface area contributed by atoms with Crippen molar-refractivity contribution in [1.29, 1.82) is 0 Å². The smallest absolute Gasteiger partial charge is 0.242 e. The minimum absolute atomic E-state index is 0.00166. The monoisotopic (exact) mass is 288 g/mol. The Morgan fingerprint density at radius 2 is 2.10 bits per heavy atom. The van der Waals surface area contributed by atoms with Gasteiger partial charge in [0.05, 0.1) is 12.6 Å². The molecule has 1 fully saturated rings. The predicted molar refractivity (Wildman–Crippen MR) is 78.9 cm³/mol. The number of benzene rings is 1. The van der Waals surface area contributed by atoms with E-state index in [0.29, 0.717) is 13.0 Å². The SMILES string of the molecule is O=C1CCc2ccccc2N1CC(=O)N1CCC[C@@H]1CO. The van der Waals surface area contributed by atoms with Gasteiger partial charge in [0.1, 0.15) is 6.54 Å². The first-order valence-electron chi connectivity index (χ1n) is 7.49. The number of carbonyl (C=O) groups excluding carboxylic acids is 2. The van der Waals surface area contributed by atoms with Crippen LogP contribution in [0.2, 0.25) is 0 Å². The largest absolute Gasteiger partial charge is 0.394 e. The van der Waals surface area contributed by atoms with E-state index >= 15 is 0 Å². The maximum absolute atomic E-state index is 12.5. The molecule has 112 valence electrons. The fraction of sp³-hybridized carbons (Fsp3) is 0.500. The average Bonchev–Trinajstić information content (AvgIpc) is 2.98. The third kappa shape index (κ3) is 2.65. The third-order valence-electron chi connectivity index (χ3n) is 4.39. The highest BCUT2D eigenvalue weighted by atomic mass is 16.3. The molecule has 0 unspecified atom stereocenters. The van der Waals surface area contributed by atoms with Gasteiger partial charge in [-0.2, -0.15) is 0 Å². The standard InChI is InChI=1S/C16H20N2O3/c19-11-13-5-3-9-17(13)16(21)10-18-14-6-2-1-4-12(14)7-8-15(18)20/h1-2,4,6,13,19H,3,5,7-11H2/t13-/m1/s1. The molecule has 0 aliphatic carbocycles. The number of carbonyl (C=O) groups is 2. The Morgan fingerprint density at radius 3 is 2.90 bits per heavy atom. The second-order valence-electron chi connectivity index (χ2n) is 5.67. The summed E-state index contributed by atoms with van der Waals surface area (Å²) in [5.41, 5.74) is 1.96. The van der Waals surface area contributed by atoms with Crippen LogP contribution < -0.4 is 4.90 Å². The van der Waals surface area contributed by atoms with Crippen LogP contribution in [0.4, 0.5) is 5.69 Å². The zero-order chi connectivity index (χ0) is 14.8. The average molecular weight is 288 g/mol. The molecule has 2 amide bonds. The van der Waals surface area contributed by atoms with Gasteiger partial charge < -0.3 is 14.9 Å². The van der Waals surface area contributed by atoms with Crippen molar-refractivity contribution >= 4 is 17.5 Å². The van der Waals surface area contributed by atoms with Gasteiger partial charge in [-0.25, -0.2) is 0 Å². The molecule has 0 radical (unpaired) electrons. The van der Waals surface area contributed by atoms with Crippen LogP contribution in [0, 0.1) is 0 Å². The molecule has 1 aromatic rings. The van der Waals surface area contributed by atoms with Crippen molar-refractivity contribution in [3.8, 4) is 0 Å². The number of hydrogen-bond donors (Lipinski definition) is 1. The maximum Gasteiger partial charge on any atom is 0.242 e. The molecule has 3 rings (SSSR count). The minimum Gasteiger partial charge on any atom is -0.394 e. The number of para-hydroxylation sites is 1. The van der Waals surface area contributed by atoms with Gasteiger partial charge in [-0.05, 0) is 30.9 Å². The van der Waals surface area contributed by atoms with Gasteiger partial charge in [-0.1, -0.05) is 18.2 Å². The number of amides is 2. The molecule has 21 heavy (non-hydrogen) atoms. The second kappa shape index (κ2) is 5.85. The molecular formula is C16H20N2O3. The number of nitrogens with zero attached hydrogens (tertiary/aromatic N) is 2. The molecule has 0 spiro atoms. The predicted octanol–water partition coefficient (Wildman–Crippen LogP) is 0.949. The molecule has 5 nitrogen and oxygen atoms in total. The Labute approximate surface area is 124 Å². The lowest BCUT2D eigenvalue weighted by molar-refractivity contribution is -0.132. The van der Waals surface area contributed by atoms with E-state index in [9.17, 15) is 14.7 Å². The van der Waals surface area contributed by atoms with Crippen LogP contribution >= 0.6 is 0 Å². The van der Waals surface area contributed by atoms with Crippen LogP contribution in [0.5, 0.6) is 0 Å². The summed E-state index contributed by atoms with van der Waals surface area (Å²) in [5.74, 6) is -0.0709. The van der Waals surface area contributed by atoms with Gasteiger partial charge in [0.25, 0.3) is 0 Å². The van der Waals surface area contributed by atoms with Crippen molar-refractivity contribution in [1.82, 2.24) is 4.90 Å². The van der Waals surface area contributed by atoms with Crippen molar-refractivity contribution in [2.24, 2.45) is 0 Å². The lowest BCUT2D eigenvalue weighted by Gasteiger charge is -2.31. The first-order valence-corrected chi connectivity index (χ1v) is 7.49. The molecule has 0 aromatic heterocycles. The molecule has 2 heterocycles. The molecule has 1 N–H and O–H groups in total. The summed E-state index contributed by atoms with van der Waals surface area (Å²) in [6.45, 7) is 0.746. The van der Waals surface area contributed by atoms with E-state index in [2.05, 4.69) is 0 Å². The maximum atomic E-state index is 12.5. The number of rotatable bonds is 3. The quantitative estimate of drug-likeness (QED) is 0.901. The fourth-order valence-electron chi connectivity index (χ4n) is 3.25. The van der Waals surface area contributed by atoms with Crippen LogP contribution in [0.1, 0.15) is 24.8 Å². The lowest BCUT2D eigenvalue weighted by Crippen LogP contribution is -2.47. The van der Waals surface area contributed by atoms with Crippen LogP contribution in [0.3, 0.4) is 0 Å². The summed E-state index contributed by atoms with van der Waals surface area (Å²) in [5, 5.41) is 9.33. The first kappa shape index (κ1) is 14.1. The zero-order valence-corrected chi connectivity index (χ0v) is 12.0. The van der Waals surface area contributed by atoms with Gasteiger partial charge >= 0.3 is 0 Å². The van der Waals surface area contributed by atoms with Crippen LogP contribution in [-0.4, -0.2) is 47.6 Å². The van der Waals surface area contributed by atoms with Crippen molar-refractivity contribution < 1.29 is 14.7 Å². The van der Waals surface area contributed by atoms with Gasteiger partial charge in [0, 0.05) is 18.7 Å². The van der Waals surface area contributed by atoms with Gasteiger partial charge in [0.2, 0.25) is 11.8 Å². The van der Waals surface area contributed by atoms with Crippen LogP contribution in [0.15, 0.2) is 24.3 Å². The Hall–Kier alpha value is -1.88. The summed E-state index contributed by atoms with van der Waals surface area (Å²) in [6, 6.07) is 7.66. The second-order valence-corrected chi connectivity index (χ2v) is 5.67. The fourth-order valence-corrected chi connectivity index (χ4v) is 3.25. The van der Waals surface area contributed by atoms with Crippen molar-refractivity contribution in [3.63, 3.8) is 0 Å². The van der Waals surface area contributed by atoms with E-state index in [4.69, 9.17) is 0 Å². The Morgan fingerprint density at radius 1 is 1.29 bits per heavy atom. The van der Waals surface area contributed by atoms with Crippen molar-refractivity contribution in [3.05, 3.63) is 29.8 Å². The summed E-state index contributed by atoms with van der Waals surface area (Å²) in [7, 11) is 0. The minimum atomic E-state index is -0.0902. The molecule has 1 atom stereocenters. The molecule has 0 saturated carbocycles. The summed E-state index contributed by atoms with van der Waals surface area (Å²) >= 11 is 0. The number of likely N-dealkylation sites (tertiary alicyclic amines) is 1. The van der Waals surface area contributed by atoms with E-state index in [1.807, 2.05) is 24.3 Å². The normalized spacial score (nSPS) is 21.6. The van der Waals surface area contributed by atoms with E-state index in [1.165, 1.54) is 0 Å². The molecule has 0 bridgehead atoms. The highest BCUT2D eigenvalue weighted by Crippen LogP contribution is 2.28. The molecule has 2 aliphatic heterocycles. The van der Waals surface area contributed by atoms with E-state index in [-0.39, 0.29) is 31.0 Å². The van der Waals surface area contributed by atoms with E-state index < -0.39 is 0 Å². The van der Waals surface area contributed by atoms with Crippen molar-refractivity contribution in [2.75, 3.05) is 24.6 Å². The number of anilines is 1. The Balaban J connectivity index is 1.78. The van der Waals surface area contributed by atoms with E-state index in [0.717, 1.165) is 30.5 Å². The molecule has 1 saturated heterocycles. The molecule has 2 aliphatic rings. The number of fused-ring (bicyclic) bond motifs is 1. The summed E-state index contributed by atoms with van der Waals surface area (Å²) in [6.07, 6.45) is 2.95. The van der Waals surface area contributed by atoms with Crippen molar-refractivity contribution in [2.45, 2.75) is 31.7 Å². The van der Waals surface area contributed by atoms with E-state index in [1.54, 1.807) is 9.80 Å². The van der Waals surface area contributed by atoms with Crippen LogP contribution in [0.25, 0.3) is 0 Å². The zero-order valence-electron chi connectivity index (χ0n) is 12.0.